The van der Waals surface area contributed by atoms with Gasteiger partial charge in [0.05, 0.1) is 85.1 Å². The van der Waals surface area contributed by atoms with Gasteiger partial charge >= 0.3 is 5.97 Å². The highest BCUT2D eigenvalue weighted by atomic mass is 32.2. The highest BCUT2D eigenvalue weighted by Gasteiger charge is 2.50. The first kappa shape index (κ1) is 69.5. The quantitative estimate of drug-likeness (QED) is 0.0158. The van der Waals surface area contributed by atoms with Crippen LogP contribution in [0.1, 0.15) is 83.8 Å². The number of amides is 2. The van der Waals surface area contributed by atoms with E-state index in [2.05, 4.69) is 0 Å². The van der Waals surface area contributed by atoms with Crippen molar-refractivity contribution in [2.75, 3.05) is 90.3 Å². The van der Waals surface area contributed by atoms with Gasteiger partial charge in [-0.1, -0.05) is 23.8 Å². The third-order valence-corrected chi connectivity index (χ3v) is 19.5. The number of carbonyl (C=O) groups is 3. The maximum atomic E-state index is 13.2. The minimum atomic E-state index is -5.43. The van der Waals surface area contributed by atoms with Gasteiger partial charge in [0.25, 0.3) is 52.3 Å². The van der Waals surface area contributed by atoms with Gasteiger partial charge in [-0.2, -0.15) is 38.2 Å². The number of hydrogen-bond acceptors (Lipinski definition) is 21. The fourth-order valence-electron chi connectivity index (χ4n) is 11.3. The lowest BCUT2D eigenvalue weighted by atomic mass is 9.74. The molecule has 1 fully saturated rings. The Labute approximate surface area is 510 Å². The van der Waals surface area contributed by atoms with Crippen LogP contribution in [0.4, 0.5) is 11.4 Å². The molecule has 4 aromatic carbocycles. The summed E-state index contributed by atoms with van der Waals surface area (Å²) in [7, 11) is -23.8. The van der Waals surface area contributed by atoms with Crippen LogP contribution in [0, 0.1) is 0 Å². The van der Waals surface area contributed by atoms with Gasteiger partial charge < -0.3 is 38.0 Å². The van der Waals surface area contributed by atoms with Crippen LogP contribution in [-0.2, 0) is 104 Å². The standard InChI is InChI=1S/C56H69N3O24S5/c1-6-57-44-14-12-40-42(33-38(85(66,67)68)35-46(40)87(72,73)74)53(44)55(3,20-8-32-84(63,64)65)48(57)16-10-37(2)11-17-49-56(4,21-23-79-26-27-81-30-31-82-29-28-80-25-24-78-5)54-43-34-39(86(69,70)71)36-47(88(75,76)77)41(43)13-15-45(54)58(49)22-7-9-52(62)83-59-50(60)18-19-51(59)61/h10-17,33-36H,6-9,18-32H2,1-5H3,(H4-,63,64,65,66,67,68,69,70,71,72,73,74,75,76,77). The Morgan fingerprint density at radius 2 is 1.20 bits per heavy atom. The summed E-state index contributed by atoms with van der Waals surface area (Å²) in [6.07, 6.45) is 5.94. The Morgan fingerprint density at radius 1 is 0.670 bits per heavy atom. The molecular weight excluding hydrogens is 1260 g/mol. The van der Waals surface area contributed by atoms with Gasteiger partial charge in [0.15, 0.2) is 5.71 Å². The topological polar surface area (TPSA) is 391 Å². The van der Waals surface area contributed by atoms with E-state index in [-0.39, 0.29) is 118 Å². The van der Waals surface area contributed by atoms with Crippen molar-refractivity contribution < 1.29 is 112 Å². The first-order valence-electron chi connectivity index (χ1n) is 27.6. The van der Waals surface area contributed by atoms with Crippen molar-refractivity contribution in [3.8, 4) is 0 Å². The van der Waals surface area contributed by atoms with E-state index in [1.165, 1.54) is 18.2 Å². The van der Waals surface area contributed by atoms with Gasteiger partial charge in [0.1, 0.15) is 21.6 Å². The molecule has 0 aliphatic carbocycles. The Morgan fingerprint density at radius 3 is 1.74 bits per heavy atom. The Hall–Kier alpha value is -5.95. The SMILES string of the molecule is CCN1C(=CC=C(C)C=CC2=[N+](CCCC(=O)ON3C(=O)CCC3=O)c3ccc4c(S(=O)(=O)[O-])cc(S(=O)(=O)O)cc4c3C2(C)CCOCCOCCOCCOCCOC)C(C)(CCCS(=O)(=O)O)c2c1ccc1c(S(=O)(=O)O)cc(S(=O)(=O)O)cc21. The molecule has 0 saturated carbocycles. The molecule has 1 saturated heterocycles. The van der Waals surface area contributed by atoms with Gasteiger partial charge in [-0.05, 0) is 106 Å². The van der Waals surface area contributed by atoms with Crippen molar-refractivity contribution >= 4 is 107 Å². The number of carbonyl (C=O) groups excluding carboxylic acids is 3. The lowest BCUT2D eigenvalue weighted by Crippen LogP contribution is -2.33. The number of anilines is 1. The molecule has 32 heteroatoms. The molecule has 3 heterocycles. The third-order valence-electron chi connectivity index (χ3n) is 15.3. The van der Waals surface area contributed by atoms with Crippen LogP contribution in [0.25, 0.3) is 21.5 Å². The zero-order valence-electron chi connectivity index (χ0n) is 48.7. The summed E-state index contributed by atoms with van der Waals surface area (Å²) >= 11 is 0. The largest absolute Gasteiger partial charge is 0.744 e. The van der Waals surface area contributed by atoms with Crippen LogP contribution in [0.5, 0.6) is 0 Å². The molecule has 2 atom stereocenters. The van der Waals surface area contributed by atoms with E-state index in [1.54, 1.807) is 69.8 Å². The van der Waals surface area contributed by atoms with E-state index in [1.807, 2.05) is 4.90 Å². The number of methoxy groups -OCH3 is 1. The molecule has 0 radical (unpaired) electrons. The molecule has 4 N–H and O–H groups in total. The minimum Gasteiger partial charge on any atom is -0.744 e. The average molecular weight is 1330 g/mol. The second-order valence-electron chi connectivity index (χ2n) is 21.3. The summed E-state index contributed by atoms with van der Waals surface area (Å²) in [5.74, 6) is -3.02. The maximum absolute atomic E-state index is 13.2. The molecule has 0 bridgehead atoms. The highest BCUT2D eigenvalue weighted by molar-refractivity contribution is 7.87. The number of benzene rings is 4. The van der Waals surface area contributed by atoms with Crippen molar-refractivity contribution in [2.24, 2.45) is 0 Å². The van der Waals surface area contributed by atoms with Crippen LogP contribution in [-0.4, -0.2) is 183 Å². The van der Waals surface area contributed by atoms with Crippen LogP contribution in [0.2, 0.25) is 0 Å². The normalized spacial score (nSPS) is 19.2. The summed E-state index contributed by atoms with van der Waals surface area (Å²) in [6, 6.07) is 8.98. The smallest absolute Gasteiger partial charge is 0.333 e. The number of ether oxygens (including phenoxy) is 5. The monoisotopic (exact) mass is 1330 g/mol. The number of hydrogen-bond donors (Lipinski definition) is 4. The fourth-order valence-corrected chi connectivity index (χ4v) is 14.4. The predicted molar refractivity (Wildman–Crippen MR) is 316 cm³/mol. The van der Waals surface area contributed by atoms with Gasteiger partial charge in [0, 0.05) is 84.8 Å². The van der Waals surface area contributed by atoms with Gasteiger partial charge in [0.2, 0.25) is 5.69 Å². The van der Waals surface area contributed by atoms with E-state index in [0.717, 1.165) is 12.1 Å². The molecular formula is C56H69N3O24S5. The molecule has 7 rings (SSSR count). The van der Waals surface area contributed by atoms with E-state index >= 15 is 0 Å². The van der Waals surface area contributed by atoms with Gasteiger partial charge in [-0.25, -0.2) is 13.2 Å². The lowest BCUT2D eigenvalue weighted by Gasteiger charge is -2.30. The number of rotatable bonds is 32. The molecule has 4 aromatic rings. The third kappa shape index (κ3) is 16.1. The first-order chi connectivity index (χ1) is 41.2. The fraction of sp³-hybridized carbons (Fsp3) is 0.464. The molecule has 3 aliphatic heterocycles. The second kappa shape index (κ2) is 28.1. The molecule has 482 valence electrons. The predicted octanol–water partition coefficient (Wildman–Crippen LogP) is 5.34. The Bertz CT molecular complexity index is 4090. The average Bonchev–Trinajstić information content (AvgIpc) is 1.52. The number of likely N-dealkylation sites (N-methyl/N-ethyl adjacent to an activating group) is 1. The molecule has 3 aliphatic rings. The van der Waals surface area contributed by atoms with Gasteiger partial charge in [-0.3, -0.25) is 27.8 Å². The number of allylic oxidation sites excluding steroid dienone is 6. The van der Waals surface area contributed by atoms with Gasteiger partial charge in [-0.15, -0.1) is 5.06 Å². The van der Waals surface area contributed by atoms with Crippen molar-refractivity contribution in [2.45, 2.75) is 103 Å². The number of nitrogens with zero attached hydrogens (tertiary/aromatic N) is 3. The summed E-state index contributed by atoms with van der Waals surface area (Å²) in [6.45, 7) is 9.35. The van der Waals surface area contributed by atoms with E-state index in [4.69, 9.17) is 28.5 Å². The van der Waals surface area contributed by atoms with Crippen molar-refractivity contribution in [3.63, 3.8) is 0 Å². The molecule has 27 nitrogen and oxygen atoms in total. The number of fused-ring (bicyclic) bond motifs is 6. The Kier molecular flexibility index (Phi) is 22.2. The molecule has 0 aromatic heterocycles. The molecule has 88 heavy (non-hydrogen) atoms. The van der Waals surface area contributed by atoms with Crippen LogP contribution >= 0.6 is 0 Å². The second-order valence-corrected chi connectivity index (χ2v) is 28.5. The maximum Gasteiger partial charge on any atom is 0.333 e. The van der Waals surface area contributed by atoms with E-state index in [0.29, 0.717) is 77.5 Å². The Balaban J connectivity index is 1.34. The van der Waals surface area contributed by atoms with Crippen LogP contribution < -0.4 is 4.90 Å². The summed E-state index contributed by atoms with van der Waals surface area (Å²) in [5.41, 5.74) is 0.123. The summed E-state index contributed by atoms with van der Waals surface area (Å²) < 4.78 is 210. The number of hydroxylamine groups is 2. The zero-order chi connectivity index (χ0) is 64.8. The van der Waals surface area contributed by atoms with Crippen molar-refractivity contribution in [1.29, 1.82) is 0 Å². The van der Waals surface area contributed by atoms with Crippen LogP contribution in [0.3, 0.4) is 0 Å². The summed E-state index contributed by atoms with van der Waals surface area (Å²) in [5, 5.41) is 0.0256. The van der Waals surface area contributed by atoms with Crippen LogP contribution in [0.15, 0.2) is 104 Å². The molecule has 0 spiro atoms. The number of imide groups is 1. The van der Waals surface area contributed by atoms with E-state index in [9.17, 15) is 79.2 Å². The lowest BCUT2D eigenvalue weighted by molar-refractivity contribution is -0.438. The molecule has 2 unspecified atom stereocenters. The first-order valence-corrected chi connectivity index (χ1v) is 34.9. The molecule has 2 amide bonds. The minimum absolute atomic E-state index is 0.0137. The van der Waals surface area contributed by atoms with Crippen molar-refractivity contribution in [3.05, 3.63) is 95.2 Å². The summed E-state index contributed by atoms with van der Waals surface area (Å²) in [4.78, 5) is 41.3. The highest BCUT2D eigenvalue weighted by Crippen LogP contribution is 2.54. The zero-order valence-corrected chi connectivity index (χ0v) is 52.8. The van der Waals surface area contributed by atoms with E-state index < -0.39 is 105 Å². The van der Waals surface area contributed by atoms with Crippen molar-refractivity contribution in [1.82, 2.24) is 5.06 Å².